The zero-order valence-electron chi connectivity index (χ0n) is 17.8. The molecule has 8 heteroatoms. The van der Waals surface area contributed by atoms with E-state index in [0.717, 1.165) is 86.2 Å². The Balaban J connectivity index is 1.41. The number of amidine groups is 1. The minimum Gasteiger partial charge on any atom is -0.491 e. The Hall–Kier alpha value is -2.58. The van der Waals surface area contributed by atoms with Crippen molar-refractivity contribution in [1.29, 1.82) is 0 Å². The van der Waals surface area contributed by atoms with Gasteiger partial charge in [-0.25, -0.2) is 0 Å². The van der Waals surface area contributed by atoms with Crippen LogP contribution < -0.4 is 4.74 Å². The Morgan fingerprint density at radius 1 is 0.906 bits per heavy atom. The second-order valence-corrected chi connectivity index (χ2v) is 8.38. The molecule has 0 aliphatic carbocycles. The Kier molecular flexibility index (Phi) is 5.82. The summed E-state index contributed by atoms with van der Waals surface area (Å²) in [5.74, 6) is 1.69. The highest BCUT2D eigenvalue weighted by Crippen LogP contribution is 2.34. The molecule has 0 bridgehead atoms. The van der Waals surface area contributed by atoms with Crippen molar-refractivity contribution in [3.05, 3.63) is 53.6 Å². The summed E-state index contributed by atoms with van der Waals surface area (Å²) in [7, 11) is 0. The number of likely N-dealkylation sites (tertiary alicyclic amines) is 1. The van der Waals surface area contributed by atoms with Gasteiger partial charge in [-0.15, -0.1) is 0 Å². The summed E-state index contributed by atoms with van der Waals surface area (Å²) in [6, 6.07) is 11.5. The zero-order valence-corrected chi connectivity index (χ0v) is 17.8. The molecule has 5 rings (SSSR count). The topological polar surface area (TPSA) is 37.3 Å². The quantitative estimate of drug-likeness (QED) is 0.703. The Morgan fingerprint density at radius 3 is 2.41 bits per heavy atom. The third-order valence-electron chi connectivity index (χ3n) is 6.40. The van der Waals surface area contributed by atoms with Gasteiger partial charge in [0.25, 0.3) is 0 Å². The molecule has 2 aromatic carbocycles. The minimum atomic E-state index is -4.34. The predicted molar refractivity (Wildman–Crippen MR) is 116 cm³/mol. The summed E-state index contributed by atoms with van der Waals surface area (Å²) in [5, 5.41) is 0. The van der Waals surface area contributed by atoms with Crippen molar-refractivity contribution < 1.29 is 22.6 Å². The first-order valence-corrected chi connectivity index (χ1v) is 11.0. The summed E-state index contributed by atoms with van der Waals surface area (Å²) < 4.78 is 50.2. The number of hydrogen-bond acceptors (Lipinski definition) is 5. The zero-order chi connectivity index (χ0) is 22.1. The molecule has 3 heterocycles. The van der Waals surface area contributed by atoms with Crippen molar-refractivity contribution in [1.82, 2.24) is 9.80 Å². The largest absolute Gasteiger partial charge is 0.491 e. The van der Waals surface area contributed by atoms with Crippen molar-refractivity contribution in [2.24, 2.45) is 4.99 Å². The average molecular weight is 445 g/mol. The average Bonchev–Trinajstić information content (AvgIpc) is 3.20. The summed E-state index contributed by atoms with van der Waals surface area (Å²) in [4.78, 5) is 9.65. The fourth-order valence-corrected chi connectivity index (χ4v) is 4.70. The number of rotatable bonds is 2. The van der Waals surface area contributed by atoms with E-state index in [4.69, 9.17) is 14.5 Å². The first-order chi connectivity index (χ1) is 15.5. The minimum absolute atomic E-state index is 0.479. The van der Waals surface area contributed by atoms with Crippen LogP contribution in [-0.2, 0) is 10.9 Å². The van der Waals surface area contributed by atoms with E-state index in [1.54, 1.807) is 0 Å². The summed E-state index contributed by atoms with van der Waals surface area (Å²) in [5.41, 5.74) is 1.84. The van der Waals surface area contributed by atoms with Gasteiger partial charge >= 0.3 is 6.18 Å². The number of benzene rings is 2. The lowest BCUT2D eigenvalue weighted by atomic mass is 10.00. The highest BCUT2D eigenvalue weighted by molar-refractivity contribution is 6.02. The van der Waals surface area contributed by atoms with Crippen molar-refractivity contribution in [3.8, 4) is 16.9 Å². The van der Waals surface area contributed by atoms with E-state index in [1.807, 2.05) is 18.2 Å². The lowest BCUT2D eigenvalue weighted by molar-refractivity contribution is -0.137. The van der Waals surface area contributed by atoms with Crippen LogP contribution in [0, 0.1) is 0 Å². The molecule has 170 valence electrons. The Labute approximate surface area is 185 Å². The molecule has 0 radical (unpaired) electrons. The van der Waals surface area contributed by atoms with E-state index in [9.17, 15) is 13.2 Å². The van der Waals surface area contributed by atoms with Gasteiger partial charge in [0.2, 0.25) is 0 Å². The number of ether oxygens (including phenoxy) is 2. The number of halogens is 3. The fourth-order valence-electron chi connectivity index (χ4n) is 4.70. The van der Waals surface area contributed by atoms with Gasteiger partial charge in [-0.2, -0.15) is 13.2 Å². The molecular formula is C24H26F3N3O2. The first kappa shape index (κ1) is 21.3. The molecule has 1 atom stereocenters. The number of nitrogens with zero attached hydrogens (tertiary/aromatic N) is 3. The van der Waals surface area contributed by atoms with Crippen LogP contribution in [0.15, 0.2) is 47.5 Å². The van der Waals surface area contributed by atoms with Crippen LogP contribution in [-0.4, -0.2) is 74.2 Å². The number of aliphatic imine (C=N–C) groups is 1. The molecule has 3 aliphatic heterocycles. The Morgan fingerprint density at radius 2 is 1.66 bits per heavy atom. The van der Waals surface area contributed by atoms with Gasteiger partial charge in [0.15, 0.2) is 0 Å². The van der Waals surface area contributed by atoms with Gasteiger partial charge in [-0.05, 0) is 41.8 Å². The lowest BCUT2D eigenvalue weighted by Gasteiger charge is -2.32. The molecule has 0 aromatic heterocycles. The molecule has 5 nitrogen and oxygen atoms in total. The molecule has 2 aromatic rings. The van der Waals surface area contributed by atoms with Crippen LogP contribution in [0.5, 0.6) is 5.75 Å². The van der Waals surface area contributed by atoms with Gasteiger partial charge in [0.05, 0.1) is 30.9 Å². The van der Waals surface area contributed by atoms with E-state index in [2.05, 4.69) is 9.80 Å². The number of morpholine rings is 1. The molecule has 2 fully saturated rings. The Bertz CT molecular complexity index is 985. The van der Waals surface area contributed by atoms with E-state index in [1.165, 1.54) is 12.1 Å². The van der Waals surface area contributed by atoms with Crippen LogP contribution in [0.3, 0.4) is 0 Å². The maximum Gasteiger partial charge on any atom is 0.416 e. The first-order valence-electron chi connectivity index (χ1n) is 11.0. The van der Waals surface area contributed by atoms with Crippen molar-refractivity contribution in [2.75, 3.05) is 52.5 Å². The van der Waals surface area contributed by atoms with Gasteiger partial charge in [-0.3, -0.25) is 9.89 Å². The predicted octanol–water partition coefficient (Wildman–Crippen LogP) is 3.92. The third kappa shape index (κ3) is 4.34. The SMILES string of the molecule is FC(F)(F)c1ccc(-c2ccc3c(c2)C(N2CCC(N4CCOCC4)C2)=NCCO3)cc1. The van der Waals surface area contributed by atoms with Gasteiger partial charge in [0, 0.05) is 32.2 Å². The second-order valence-electron chi connectivity index (χ2n) is 8.38. The smallest absolute Gasteiger partial charge is 0.416 e. The van der Waals surface area contributed by atoms with E-state index in [0.29, 0.717) is 19.2 Å². The molecule has 0 spiro atoms. The van der Waals surface area contributed by atoms with Crippen molar-refractivity contribution >= 4 is 5.84 Å². The van der Waals surface area contributed by atoms with Crippen LogP contribution in [0.4, 0.5) is 13.2 Å². The normalized spacial score (nSPS) is 22.2. The summed E-state index contributed by atoms with van der Waals surface area (Å²) in [6.45, 7) is 6.41. The van der Waals surface area contributed by atoms with Crippen LogP contribution >= 0.6 is 0 Å². The van der Waals surface area contributed by atoms with Gasteiger partial charge in [-0.1, -0.05) is 18.2 Å². The van der Waals surface area contributed by atoms with Gasteiger partial charge in [0.1, 0.15) is 18.2 Å². The van der Waals surface area contributed by atoms with Crippen LogP contribution in [0.1, 0.15) is 17.5 Å². The van der Waals surface area contributed by atoms with E-state index in [-0.39, 0.29) is 0 Å². The molecule has 3 aliphatic rings. The van der Waals surface area contributed by atoms with Crippen LogP contribution in [0.25, 0.3) is 11.1 Å². The summed E-state index contributed by atoms with van der Waals surface area (Å²) in [6.07, 6.45) is -3.26. The number of hydrogen-bond donors (Lipinski definition) is 0. The van der Waals surface area contributed by atoms with Crippen molar-refractivity contribution in [3.63, 3.8) is 0 Å². The van der Waals surface area contributed by atoms with Crippen molar-refractivity contribution in [2.45, 2.75) is 18.6 Å². The fraction of sp³-hybridized carbons (Fsp3) is 0.458. The monoisotopic (exact) mass is 445 g/mol. The van der Waals surface area contributed by atoms with Gasteiger partial charge < -0.3 is 14.4 Å². The van der Waals surface area contributed by atoms with Crippen LogP contribution in [0.2, 0.25) is 0 Å². The summed E-state index contributed by atoms with van der Waals surface area (Å²) >= 11 is 0. The maximum atomic E-state index is 12.9. The molecule has 1 unspecified atom stereocenters. The standard InChI is InChI=1S/C24H26F3N3O2/c25-24(26,27)19-4-1-17(2-5-19)18-3-6-22-21(15-18)23(28-8-12-32-22)30-9-7-20(16-30)29-10-13-31-14-11-29/h1-6,15,20H,7-14,16H2. The number of fused-ring (bicyclic) bond motifs is 1. The van der Waals surface area contributed by atoms with E-state index >= 15 is 0 Å². The molecule has 0 amide bonds. The molecule has 2 saturated heterocycles. The highest BCUT2D eigenvalue weighted by atomic mass is 19.4. The molecular weight excluding hydrogens is 419 g/mol. The maximum absolute atomic E-state index is 12.9. The highest BCUT2D eigenvalue weighted by Gasteiger charge is 2.32. The lowest BCUT2D eigenvalue weighted by Crippen LogP contribution is -2.45. The second kappa shape index (κ2) is 8.75. The number of alkyl halides is 3. The van der Waals surface area contributed by atoms with E-state index < -0.39 is 11.7 Å². The molecule has 0 saturated carbocycles. The molecule has 32 heavy (non-hydrogen) atoms. The third-order valence-corrected chi connectivity index (χ3v) is 6.40. The molecule has 0 N–H and O–H groups in total.